The number of aliphatic hydroxyl groups is 1. The number of nitrogens with one attached hydrogen (secondary N) is 7. The molecule has 432 valence electrons. The van der Waals surface area contributed by atoms with Gasteiger partial charge in [0, 0.05) is 49.8 Å². The van der Waals surface area contributed by atoms with Crippen LogP contribution in [-0.4, -0.2) is 109 Å². The Bertz CT molecular complexity index is 2500. The van der Waals surface area contributed by atoms with E-state index in [1.165, 1.54) is 17.5 Å². The van der Waals surface area contributed by atoms with E-state index in [1.807, 2.05) is 88.4 Å². The van der Waals surface area contributed by atoms with E-state index in [1.54, 1.807) is 38.1 Å². The Labute approximate surface area is 465 Å². The molecule has 6 rings (SSSR count). The molecule has 3 heterocycles. The van der Waals surface area contributed by atoms with Crippen LogP contribution in [0.5, 0.6) is 0 Å². The Hall–Kier alpha value is -6.90. The summed E-state index contributed by atoms with van der Waals surface area (Å²) in [6.07, 6.45) is 21.6. The average molecular weight is 1100 g/mol. The molecule has 0 spiro atoms. The van der Waals surface area contributed by atoms with Crippen LogP contribution in [0.25, 0.3) is 0 Å². The van der Waals surface area contributed by atoms with Crippen LogP contribution in [0, 0.1) is 35.5 Å². The molecule has 2 aliphatic carbocycles. The maximum Gasteiger partial charge on any atom is 0.408 e. The second-order valence-corrected chi connectivity index (χ2v) is 22.0. The first-order valence-electron chi connectivity index (χ1n) is 27.9. The van der Waals surface area contributed by atoms with Gasteiger partial charge in [0.1, 0.15) is 24.8 Å². The number of alkyl carbamates (subject to hydrolysis) is 2. The van der Waals surface area contributed by atoms with Gasteiger partial charge in [0.05, 0.1) is 36.7 Å². The highest BCUT2D eigenvalue weighted by atomic mass is 16.6. The Morgan fingerprint density at radius 3 is 2.42 bits per heavy atom. The molecule has 20 heteroatoms. The van der Waals surface area contributed by atoms with E-state index in [2.05, 4.69) is 50.5 Å². The number of anilines is 1. The van der Waals surface area contributed by atoms with Crippen LogP contribution in [0.1, 0.15) is 112 Å². The lowest BCUT2D eigenvalue weighted by Crippen LogP contribution is -2.54. The van der Waals surface area contributed by atoms with E-state index >= 15 is 0 Å². The van der Waals surface area contributed by atoms with Crippen LogP contribution >= 0.6 is 0 Å². The van der Waals surface area contributed by atoms with Crippen LogP contribution in [-0.2, 0) is 39.9 Å². The predicted octanol–water partition coefficient (Wildman–Crippen LogP) is 7.14. The molecule has 0 unspecified atom stereocenters. The molecule has 10 N–H and O–H groups in total. The number of fused-ring (bicyclic) bond motifs is 1. The second kappa shape index (κ2) is 29.9. The number of hydrogen-bond acceptors (Lipinski definition) is 14. The molecule has 2 fully saturated rings. The van der Waals surface area contributed by atoms with Gasteiger partial charge in [0.25, 0.3) is 0 Å². The fourth-order valence-corrected chi connectivity index (χ4v) is 10.8. The van der Waals surface area contributed by atoms with Crippen LogP contribution in [0.15, 0.2) is 108 Å². The molecule has 0 aromatic heterocycles. The molecule has 6 amide bonds. The zero-order chi connectivity index (χ0) is 57.2. The number of rotatable bonds is 24. The molecular weight excluding hydrogens is 1010 g/mol. The number of benzene rings is 1. The highest BCUT2D eigenvalue weighted by Gasteiger charge is 2.51. The number of aliphatic hydroxyl groups excluding tert-OH is 1. The lowest BCUT2D eigenvalue weighted by atomic mass is 9.87. The van der Waals surface area contributed by atoms with Gasteiger partial charge in [0.2, 0.25) is 11.8 Å². The van der Waals surface area contributed by atoms with Crippen LogP contribution in [0.3, 0.4) is 0 Å². The minimum atomic E-state index is -1.06. The molecule has 20 nitrogen and oxygen atoms in total. The SMILES string of the molecule is C/C=C/[C@@H]1O[C@H]([C@@H](/C=C/C=C(\C)C[C@@H](C)/C=C(C)\C=C\[C@H]2CC=CC(=O)O2)NC(=O)OCc2ccc(NC(=O)[C@H](CCCNC(N)=O)NC(=O)[C@@H](NC(=O)OC[C@@H]3[C@@H]4CCC5=C(CC[C@@H]43)N(C)NN5)C(C)C)cc2)C[C@@H](O)[C@@H]1C. The first-order chi connectivity index (χ1) is 37.8. The number of nitrogens with zero attached hydrogens (tertiary/aromatic N) is 1. The van der Waals surface area contributed by atoms with Crippen molar-refractivity contribution in [1.82, 2.24) is 37.2 Å². The Morgan fingerprint density at radius 2 is 1.71 bits per heavy atom. The van der Waals surface area contributed by atoms with E-state index in [-0.39, 0.29) is 68.0 Å². The lowest BCUT2D eigenvalue weighted by Gasteiger charge is -2.39. The third kappa shape index (κ3) is 19.2. The summed E-state index contributed by atoms with van der Waals surface area (Å²) in [5.41, 5.74) is 17.3. The maximum absolute atomic E-state index is 13.8. The molecule has 1 saturated carbocycles. The van der Waals surface area contributed by atoms with Crippen molar-refractivity contribution in [3.05, 3.63) is 113 Å². The summed E-state index contributed by atoms with van der Waals surface area (Å²) in [6.45, 7) is 13.9. The third-order valence-corrected chi connectivity index (χ3v) is 15.3. The molecule has 1 aromatic rings. The fraction of sp³-hybridized carbons (Fsp3) is 0.559. The number of carbonyl (C=O) groups is 6. The highest BCUT2D eigenvalue weighted by Crippen LogP contribution is 2.54. The number of cyclic esters (lactones) is 1. The largest absolute Gasteiger partial charge is 0.455 e. The summed E-state index contributed by atoms with van der Waals surface area (Å²) >= 11 is 0. The van der Waals surface area contributed by atoms with Gasteiger partial charge >= 0.3 is 24.2 Å². The van der Waals surface area contributed by atoms with Crippen molar-refractivity contribution in [3.63, 3.8) is 0 Å². The van der Waals surface area contributed by atoms with E-state index in [4.69, 9.17) is 24.7 Å². The number of hydrogen-bond donors (Lipinski definition) is 9. The smallest absolute Gasteiger partial charge is 0.408 e. The van der Waals surface area contributed by atoms with Gasteiger partial charge in [-0.1, -0.05) is 99.6 Å². The van der Waals surface area contributed by atoms with Crippen LogP contribution in [0.4, 0.5) is 20.1 Å². The fourth-order valence-electron chi connectivity index (χ4n) is 10.8. The Balaban J connectivity index is 1.01. The lowest BCUT2D eigenvalue weighted by molar-refractivity contribution is -0.141. The van der Waals surface area contributed by atoms with Gasteiger partial charge in [0.15, 0.2) is 0 Å². The van der Waals surface area contributed by atoms with Gasteiger partial charge in [-0.05, 0) is 119 Å². The van der Waals surface area contributed by atoms with Gasteiger partial charge in [-0.25, -0.2) is 19.2 Å². The van der Waals surface area contributed by atoms with E-state index < -0.39 is 60.4 Å². The molecule has 1 aromatic carbocycles. The maximum atomic E-state index is 13.8. The second-order valence-electron chi connectivity index (χ2n) is 22.0. The average Bonchev–Trinajstić information content (AvgIpc) is 4.17. The highest BCUT2D eigenvalue weighted by molar-refractivity contribution is 5.98. The minimum absolute atomic E-state index is 0.100. The summed E-state index contributed by atoms with van der Waals surface area (Å²) in [6, 6.07) is 3.25. The van der Waals surface area contributed by atoms with Gasteiger partial charge in [-0.15, -0.1) is 5.53 Å². The summed E-state index contributed by atoms with van der Waals surface area (Å²) in [5.74, 6) is -0.524. The van der Waals surface area contributed by atoms with E-state index in [0.717, 1.165) is 43.3 Å². The third-order valence-electron chi connectivity index (χ3n) is 15.3. The quantitative estimate of drug-likeness (QED) is 0.0164. The van der Waals surface area contributed by atoms with Crippen molar-refractivity contribution >= 4 is 41.7 Å². The molecule has 12 atom stereocenters. The molecule has 3 aliphatic heterocycles. The molecule has 79 heavy (non-hydrogen) atoms. The number of hydrazine groups is 2. The van der Waals surface area contributed by atoms with E-state index in [9.17, 15) is 33.9 Å². The van der Waals surface area contributed by atoms with Crippen LogP contribution in [0.2, 0.25) is 0 Å². The monoisotopic (exact) mass is 1100 g/mol. The van der Waals surface area contributed by atoms with Crippen molar-refractivity contribution in [1.29, 1.82) is 0 Å². The normalized spacial score (nSPS) is 25.7. The topological polar surface area (TPSA) is 273 Å². The van der Waals surface area contributed by atoms with Gasteiger partial charge < -0.3 is 61.8 Å². The number of carbonyl (C=O) groups excluding carboxylic acids is 6. The predicted molar refractivity (Wildman–Crippen MR) is 301 cm³/mol. The summed E-state index contributed by atoms with van der Waals surface area (Å²) in [4.78, 5) is 77.3. The van der Waals surface area contributed by atoms with Crippen molar-refractivity contribution < 1.29 is 52.8 Å². The Kier molecular flexibility index (Phi) is 23.2. The number of primary amides is 1. The van der Waals surface area contributed by atoms with Crippen molar-refractivity contribution in [2.24, 2.45) is 41.2 Å². The standard InChI is InChI=1S/C59H85N9O11/c1-9-13-51-39(7)50(69)32-52(79-51)47(16-10-14-36(4)30-38(6)31-37(5)19-24-42-15-11-18-53(70)78-42)64-58(74)76-33-40-20-22-41(23-21-40)62-55(71)48(17-12-29-61-57(60)73)63-56(72)54(35(2)3)65-59(75)77-34-45-43-25-27-46-49(28-26-44(43)45)68(8)67-66-46/h9-11,13-14,16,18-24,31,35,38-39,42-45,47-48,50-52,54,66-67,69H,12,15,17,25-30,32-34H2,1-8H3,(H,62,71)(H,63,72)(H,64,74)(H,65,75)(H3,60,61,73)/b13-9+,16-10+,24-19+,36-14+,37-31-/t38-,39+,42-,43-,44+,45-,47-,48+,50-,51+,52+,54+/m1/s1. The summed E-state index contributed by atoms with van der Waals surface area (Å²) < 4.78 is 23.1. The molecule has 1 saturated heterocycles. The van der Waals surface area contributed by atoms with Crippen molar-refractivity contribution in [2.75, 3.05) is 25.5 Å². The number of nitrogens with two attached hydrogens (primary N) is 1. The van der Waals surface area contributed by atoms with Crippen molar-refractivity contribution in [3.8, 4) is 0 Å². The first-order valence-corrected chi connectivity index (χ1v) is 27.9. The molecular formula is C59H85N9O11. The van der Waals surface area contributed by atoms with Gasteiger partial charge in [-0.2, -0.15) is 0 Å². The van der Waals surface area contributed by atoms with E-state index in [0.29, 0.717) is 42.3 Å². The number of esters is 1. The number of allylic oxidation sites excluding steroid dienone is 9. The minimum Gasteiger partial charge on any atom is -0.455 e. The number of ether oxygens (including phenoxy) is 4. The zero-order valence-corrected chi connectivity index (χ0v) is 47.1. The number of amides is 6. The molecule has 5 aliphatic rings. The molecule has 0 bridgehead atoms. The summed E-state index contributed by atoms with van der Waals surface area (Å²) in [7, 11) is 1.99. The summed E-state index contributed by atoms with van der Waals surface area (Å²) in [5, 5.41) is 26.9. The number of urea groups is 1. The van der Waals surface area contributed by atoms with Gasteiger partial charge in [-0.3, -0.25) is 14.6 Å². The van der Waals surface area contributed by atoms with Crippen molar-refractivity contribution in [2.45, 2.75) is 155 Å². The Morgan fingerprint density at radius 1 is 0.975 bits per heavy atom. The molecule has 0 radical (unpaired) electrons. The first kappa shape index (κ1) is 61.3. The van der Waals surface area contributed by atoms with Crippen LogP contribution < -0.4 is 43.3 Å². The zero-order valence-electron chi connectivity index (χ0n) is 47.1.